The van der Waals surface area contributed by atoms with Crippen LogP contribution >= 0.6 is 0 Å². The summed E-state index contributed by atoms with van der Waals surface area (Å²) in [5, 5.41) is 14.7. The molecule has 0 bridgehead atoms. The van der Waals surface area contributed by atoms with E-state index < -0.39 is 0 Å². The quantitative estimate of drug-likeness (QED) is 0.757. The van der Waals surface area contributed by atoms with Gasteiger partial charge in [0.25, 0.3) is 5.91 Å². The van der Waals surface area contributed by atoms with Gasteiger partial charge in [-0.1, -0.05) is 17.0 Å². The number of nitrogens with zero attached hydrogens (tertiary/aromatic N) is 2. The molecule has 90 valence electrons. The Hall–Kier alpha value is -2.65. The molecular formula is C12H9N3O3. The predicted molar refractivity (Wildman–Crippen MR) is 62.7 cm³/mol. The van der Waals surface area contributed by atoms with Crippen LogP contribution in [0.25, 0.3) is 0 Å². The molecule has 18 heavy (non-hydrogen) atoms. The van der Waals surface area contributed by atoms with Crippen LogP contribution in [0.3, 0.4) is 0 Å². The summed E-state index contributed by atoms with van der Waals surface area (Å²) in [6.07, 6.45) is 5.66. The zero-order valence-electron chi connectivity index (χ0n) is 9.25. The molecular weight excluding hydrogens is 234 g/mol. The molecule has 2 N–H and O–H groups in total. The second-order valence-electron chi connectivity index (χ2n) is 3.25. The summed E-state index contributed by atoms with van der Waals surface area (Å²) in [6.45, 7) is -0.276. The third-order valence-corrected chi connectivity index (χ3v) is 2.06. The molecule has 0 saturated heterocycles. The fourth-order valence-corrected chi connectivity index (χ4v) is 1.29. The Morgan fingerprint density at radius 3 is 3.11 bits per heavy atom. The third-order valence-electron chi connectivity index (χ3n) is 2.06. The van der Waals surface area contributed by atoms with E-state index in [0.29, 0.717) is 16.8 Å². The van der Waals surface area contributed by atoms with Crippen molar-refractivity contribution in [2.24, 2.45) is 0 Å². The number of carbonyl (C=O) groups excluding carboxylic acids is 1. The Kier molecular flexibility index (Phi) is 3.69. The number of rotatable bonds is 2. The summed E-state index contributed by atoms with van der Waals surface area (Å²) in [4.78, 5) is 15.8. The Balaban J connectivity index is 2.24. The van der Waals surface area contributed by atoms with E-state index in [0.717, 1.165) is 0 Å². The number of aliphatic hydroxyl groups excluding tert-OH is 1. The topological polar surface area (TPSA) is 88.3 Å². The van der Waals surface area contributed by atoms with Crippen molar-refractivity contribution in [1.29, 1.82) is 0 Å². The Labute approximate surface area is 103 Å². The summed E-state index contributed by atoms with van der Waals surface area (Å²) < 4.78 is 4.61. The maximum Gasteiger partial charge on any atom is 0.257 e. The van der Waals surface area contributed by atoms with Gasteiger partial charge < -0.3 is 14.9 Å². The molecule has 0 unspecified atom stereocenters. The number of hydrogen-bond acceptors (Lipinski definition) is 5. The Morgan fingerprint density at radius 1 is 1.50 bits per heavy atom. The van der Waals surface area contributed by atoms with E-state index in [1.54, 1.807) is 6.07 Å². The molecule has 0 aliphatic rings. The number of aliphatic hydroxyl groups is 1. The van der Waals surface area contributed by atoms with E-state index in [1.165, 1.54) is 24.9 Å². The summed E-state index contributed by atoms with van der Waals surface area (Å²) in [5.41, 5.74) is 1.27. The van der Waals surface area contributed by atoms with E-state index in [1.807, 2.05) is 0 Å². The van der Waals surface area contributed by atoms with Gasteiger partial charge in [-0.25, -0.2) is 0 Å². The minimum absolute atomic E-state index is 0.276. The van der Waals surface area contributed by atoms with E-state index in [-0.39, 0.29) is 12.5 Å². The number of nitrogens with one attached hydrogen (secondary N) is 1. The zero-order valence-corrected chi connectivity index (χ0v) is 9.25. The fourth-order valence-electron chi connectivity index (χ4n) is 1.29. The van der Waals surface area contributed by atoms with Crippen LogP contribution in [0, 0.1) is 11.8 Å². The number of amides is 1. The van der Waals surface area contributed by atoms with Gasteiger partial charge in [0.2, 0.25) is 0 Å². The molecule has 0 aliphatic heterocycles. The molecule has 0 aromatic carbocycles. The van der Waals surface area contributed by atoms with Crippen molar-refractivity contribution in [3.8, 4) is 11.8 Å². The fraction of sp³-hybridized carbons (Fsp3) is 0.0833. The third kappa shape index (κ3) is 2.72. The largest absolute Gasteiger partial charge is 0.384 e. The van der Waals surface area contributed by atoms with E-state index in [2.05, 4.69) is 31.8 Å². The smallest absolute Gasteiger partial charge is 0.257 e. The van der Waals surface area contributed by atoms with Crippen molar-refractivity contribution in [2.75, 3.05) is 11.9 Å². The molecule has 0 atom stereocenters. The van der Waals surface area contributed by atoms with Crippen molar-refractivity contribution >= 4 is 11.6 Å². The van der Waals surface area contributed by atoms with Crippen LogP contribution < -0.4 is 5.32 Å². The lowest BCUT2D eigenvalue weighted by Crippen LogP contribution is -2.13. The molecule has 0 radical (unpaired) electrons. The first kappa shape index (κ1) is 11.8. The second kappa shape index (κ2) is 5.61. The molecule has 2 rings (SSSR count). The van der Waals surface area contributed by atoms with Gasteiger partial charge in [-0.2, -0.15) is 0 Å². The molecule has 6 heteroatoms. The minimum Gasteiger partial charge on any atom is -0.384 e. The molecule has 6 nitrogen and oxygen atoms in total. The van der Waals surface area contributed by atoms with Crippen LogP contribution in [0.2, 0.25) is 0 Å². The normalized spacial score (nSPS) is 9.39. The number of hydrogen-bond donors (Lipinski definition) is 2. The molecule has 0 spiro atoms. The molecule has 2 aromatic heterocycles. The number of anilines is 1. The van der Waals surface area contributed by atoms with Gasteiger partial charge in [0.1, 0.15) is 18.6 Å². The highest BCUT2D eigenvalue weighted by atomic mass is 16.5. The highest BCUT2D eigenvalue weighted by Gasteiger charge is 2.11. The van der Waals surface area contributed by atoms with Gasteiger partial charge in [-0.05, 0) is 6.07 Å². The van der Waals surface area contributed by atoms with Crippen molar-refractivity contribution in [1.82, 2.24) is 10.1 Å². The molecule has 0 fully saturated rings. The van der Waals surface area contributed by atoms with Gasteiger partial charge in [-0.3, -0.25) is 9.78 Å². The molecule has 0 saturated carbocycles. The van der Waals surface area contributed by atoms with Crippen LogP contribution in [0.4, 0.5) is 5.69 Å². The van der Waals surface area contributed by atoms with Crippen molar-refractivity contribution in [3.05, 3.63) is 42.0 Å². The van der Waals surface area contributed by atoms with Crippen molar-refractivity contribution < 1.29 is 14.4 Å². The van der Waals surface area contributed by atoms with E-state index in [4.69, 9.17) is 5.11 Å². The second-order valence-corrected chi connectivity index (χ2v) is 3.25. The van der Waals surface area contributed by atoms with Gasteiger partial charge in [0.15, 0.2) is 0 Å². The van der Waals surface area contributed by atoms with E-state index >= 15 is 0 Å². The molecule has 1 amide bonds. The lowest BCUT2D eigenvalue weighted by atomic mass is 10.1. The van der Waals surface area contributed by atoms with Crippen LogP contribution in [0.5, 0.6) is 0 Å². The van der Waals surface area contributed by atoms with Crippen LogP contribution in [-0.4, -0.2) is 27.8 Å². The van der Waals surface area contributed by atoms with Crippen LogP contribution in [-0.2, 0) is 0 Å². The standard InChI is InChI=1S/C12H9N3O3/c16-5-1-2-9-6-13-4-3-11(9)12(17)15-10-7-14-18-8-10/h3-4,6-8,16H,5H2,(H,15,17). The minimum atomic E-state index is -0.345. The van der Waals surface area contributed by atoms with Crippen molar-refractivity contribution in [2.45, 2.75) is 0 Å². The predicted octanol–water partition coefficient (Wildman–Crippen LogP) is 0.666. The Morgan fingerprint density at radius 2 is 2.39 bits per heavy atom. The highest BCUT2D eigenvalue weighted by Crippen LogP contribution is 2.10. The first-order chi connectivity index (χ1) is 8.81. The maximum atomic E-state index is 12.0. The zero-order chi connectivity index (χ0) is 12.8. The van der Waals surface area contributed by atoms with Gasteiger partial charge in [-0.15, -0.1) is 0 Å². The average Bonchev–Trinajstić information content (AvgIpc) is 2.89. The van der Waals surface area contributed by atoms with Crippen LogP contribution in [0.15, 0.2) is 35.4 Å². The molecule has 0 aliphatic carbocycles. The summed E-state index contributed by atoms with van der Waals surface area (Å²) in [7, 11) is 0. The molecule has 2 aromatic rings. The Bertz CT molecular complexity index is 597. The van der Waals surface area contributed by atoms with Gasteiger partial charge in [0.05, 0.1) is 17.3 Å². The van der Waals surface area contributed by atoms with Crippen LogP contribution in [0.1, 0.15) is 15.9 Å². The molecule has 2 heterocycles. The van der Waals surface area contributed by atoms with E-state index in [9.17, 15) is 4.79 Å². The summed E-state index contributed by atoms with van der Waals surface area (Å²) in [6, 6.07) is 1.55. The monoisotopic (exact) mass is 243 g/mol. The van der Waals surface area contributed by atoms with Gasteiger partial charge >= 0.3 is 0 Å². The number of aromatic nitrogens is 2. The average molecular weight is 243 g/mol. The maximum absolute atomic E-state index is 12.0. The first-order valence-electron chi connectivity index (χ1n) is 5.05. The lowest BCUT2D eigenvalue weighted by molar-refractivity contribution is 0.102. The number of carbonyl (C=O) groups is 1. The summed E-state index contributed by atoms with van der Waals surface area (Å²) >= 11 is 0. The van der Waals surface area contributed by atoms with Gasteiger partial charge in [0, 0.05) is 12.4 Å². The van der Waals surface area contributed by atoms with Crippen molar-refractivity contribution in [3.63, 3.8) is 0 Å². The SMILES string of the molecule is O=C(Nc1cnoc1)c1ccncc1C#CCO. The summed E-state index contributed by atoms with van der Waals surface area (Å²) in [5.74, 6) is 4.79. The lowest BCUT2D eigenvalue weighted by Gasteiger charge is -2.03. The first-order valence-corrected chi connectivity index (χ1v) is 5.05. The highest BCUT2D eigenvalue weighted by molar-refractivity contribution is 6.05. The number of pyridine rings is 1.